The highest BCUT2D eigenvalue weighted by Crippen LogP contribution is 2.14. The van der Waals surface area contributed by atoms with E-state index in [2.05, 4.69) is 5.10 Å². The van der Waals surface area contributed by atoms with E-state index >= 15 is 0 Å². The first-order chi connectivity index (χ1) is 6.01. The molecule has 0 radical (unpaired) electrons. The van der Waals surface area contributed by atoms with E-state index in [1.165, 1.54) is 20.0 Å². The molecule has 0 atom stereocenters. The third-order valence-corrected chi connectivity index (χ3v) is 1.70. The lowest BCUT2D eigenvalue weighted by atomic mass is 10.1. The molecule has 0 unspecified atom stereocenters. The quantitative estimate of drug-likeness (QED) is 0.714. The van der Waals surface area contributed by atoms with Crippen LogP contribution in [-0.2, 0) is 6.54 Å². The molecule has 3 nitrogen and oxygen atoms in total. The first-order valence-electron chi connectivity index (χ1n) is 4.13. The first kappa shape index (κ1) is 9.72. The van der Waals surface area contributed by atoms with Crippen LogP contribution < -0.4 is 0 Å². The Bertz CT molecular complexity index is 316. The zero-order chi connectivity index (χ0) is 9.90. The van der Waals surface area contributed by atoms with E-state index in [0.717, 1.165) is 0 Å². The number of nitriles is 1. The maximum Gasteiger partial charge on any atom is 0.107 e. The fourth-order valence-corrected chi connectivity index (χ4v) is 0.924. The Labute approximate surface area is 76.8 Å². The minimum Gasteiger partial charge on any atom is -0.271 e. The predicted octanol–water partition coefficient (Wildman–Crippen LogP) is 1.89. The minimum atomic E-state index is -1.18. The highest BCUT2D eigenvalue weighted by atomic mass is 19.1. The van der Waals surface area contributed by atoms with Crippen LogP contribution in [0.15, 0.2) is 12.4 Å². The molecule has 0 bridgehead atoms. The number of alkyl halides is 1. The summed E-state index contributed by atoms with van der Waals surface area (Å²) in [4.78, 5) is 0. The Kier molecular flexibility index (Phi) is 2.66. The molecule has 4 heteroatoms. The van der Waals surface area contributed by atoms with E-state index in [0.29, 0.717) is 18.5 Å². The SMILES string of the molecule is CC(C)(F)CCn1cc(C#N)cn1. The maximum atomic E-state index is 13.1. The van der Waals surface area contributed by atoms with Crippen LogP contribution in [0.1, 0.15) is 25.8 Å². The van der Waals surface area contributed by atoms with Crippen LogP contribution >= 0.6 is 0 Å². The summed E-state index contributed by atoms with van der Waals surface area (Å²) in [6.07, 6.45) is 3.50. The Balaban J connectivity index is 2.52. The lowest BCUT2D eigenvalue weighted by molar-refractivity contribution is 0.190. The van der Waals surface area contributed by atoms with Crippen molar-refractivity contribution in [2.24, 2.45) is 0 Å². The van der Waals surface area contributed by atoms with E-state index in [1.807, 2.05) is 6.07 Å². The summed E-state index contributed by atoms with van der Waals surface area (Å²) in [7, 11) is 0. The third-order valence-electron chi connectivity index (χ3n) is 1.70. The maximum absolute atomic E-state index is 13.1. The molecule has 0 amide bonds. The fraction of sp³-hybridized carbons (Fsp3) is 0.556. The van der Waals surface area contributed by atoms with Crippen LogP contribution in [0.4, 0.5) is 4.39 Å². The molecule has 1 aromatic heterocycles. The zero-order valence-electron chi connectivity index (χ0n) is 7.79. The highest BCUT2D eigenvalue weighted by molar-refractivity contribution is 5.21. The molecule has 13 heavy (non-hydrogen) atoms. The van der Waals surface area contributed by atoms with Gasteiger partial charge in [0.05, 0.1) is 11.8 Å². The van der Waals surface area contributed by atoms with Gasteiger partial charge in [0.1, 0.15) is 11.7 Å². The second-order valence-corrected chi connectivity index (χ2v) is 3.57. The molecule has 0 aliphatic heterocycles. The summed E-state index contributed by atoms with van der Waals surface area (Å²) in [6.45, 7) is 3.56. The summed E-state index contributed by atoms with van der Waals surface area (Å²) < 4.78 is 14.6. The van der Waals surface area contributed by atoms with Crippen molar-refractivity contribution >= 4 is 0 Å². The minimum absolute atomic E-state index is 0.402. The first-order valence-corrected chi connectivity index (χ1v) is 4.13. The fourth-order valence-electron chi connectivity index (χ4n) is 0.924. The number of hydrogen-bond acceptors (Lipinski definition) is 2. The number of aryl methyl sites for hydroxylation is 1. The van der Waals surface area contributed by atoms with Gasteiger partial charge >= 0.3 is 0 Å². The largest absolute Gasteiger partial charge is 0.271 e. The van der Waals surface area contributed by atoms with Gasteiger partial charge in [0.25, 0.3) is 0 Å². The second kappa shape index (κ2) is 3.56. The van der Waals surface area contributed by atoms with Gasteiger partial charge in [-0.1, -0.05) is 0 Å². The molecular formula is C9H12FN3. The van der Waals surface area contributed by atoms with Gasteiger partial charge < -0.3 is 0 Å². The van der Waals surface area contributed by atoms with Gasteiger partial charge in [-0.2, -0.15) is 10.4 Å². The van der Waals surface area contributed by atoms with E-state index in [-0.39, 0.29) is 0 Å². The molecule has 1 aromatic rings. The van der Waals surface area contributed by atoms with Crippen LogP contribution in [0.3, 0.4) is 0 Å². The normalized spacial score (nSPS) is 11.2. The van der Waals surface area contributed by atoms with Crippen LogP contribution in [0, 0.1) is 11.3 Å². The average Bonchev–Trinajstić information content (AvgIpc) is 2.47. The Hall–Kier alpha value is -1.37. The van der Waals surface area contributed by atoms with Crippen molar-refractivity contribution in [3.63, 3.8) is 0 Å². The second-order valence-electron chi connectivity index (χ2n) is 3.57. The molecule has 0 fully saturated rings. The van der Waals surface area contributed by atoms with Crippen LogP contribution in [-0.4, -0.2) is 15.4 Å². The standard InChI is InChI=1S/C9H12FN3/c1-9(2,10)3-4-13-7-8(5-11)6-12-13/h6-7H,3-4H2,1-2H3. The van der Waals surface area contributed by atoms with Gasteiger partial charge in [-0.15, -0.1) is 0 Å². The van der Waals surface area contributed by atoms with Crippen molar-refractivity contribution in [1.29, 1.82) is 5.26 Å². The van der Waals surface area contributed by atoms with Crippen molar-refractivity contribution in [3.8, 4) is 6.07 Å². The molecule has 0 spiro atoms. The van der Waals surface area contributed by atoms with E-state index < -0.39 is 5.67 Å². The molecule has 1 heterocycles. The average molecular weight is 181 g/mol. The molecule has 1 rings (SSSR count). The van der Waals surface area contributed by atoms with Gasteiger partial charge in [-0.05, 0) is 13.8 Å². The van der Waals surface area contributed by atoms with Crippen molar-refractivity contribution in [3.05, 3.63) is 18.0 Å². The van der Waals surface area contributed by atoms with Gasteiger partial charge in [-0.25, -0.2) is 4.39 Å². The van der Waals surface area contributed by atoms with Crippen molar-refractivity contribution in [1.82, 2.24) is 9.78 Å². The van der Waals surface area contributed by atoms with E-state index in [9.17, 15) is 4.39 Å². The lowest BCUT2D eigenvalue weighted by Crippen LogP contribution is -2.15. The van der Waals surface area contributed by atoms with Crippen LogP contribution in [0.5, 0.6) is 0 Å². The van der Waals surface area contributed by atoms with Crippen molar-refractivity contribution in [2.45, 2.75) is 32.5 Å². The summed E-state index contributed by atoms with van der Waals surface area (Å²) in [5, 5.41) is 12.4. The Morgan fingerprint density at radius 3 is 2.85 bits per heavy atom. The van der Waals surface area contributed by atoms with Gasteiger partial charge in [0, 0.05) is 19.2 Å². The van der Waals surface area contributed by atoms with Gasteiger partial charge in [0.15, 0.2) is 0 Å². The molecule has 0 N–H and O–H groups in total. The molecular weight excluding hydrogens is 169 g/mol. The molecule has 0 saturated carbocycles. The lowest BCUT2D eigenvalue weighted by Gasteiger charge is -2.12. The van der Waals surface area contributed by atoms with Gasteiger partial charge in [-0.3, -0.25) is 4.68 Å². The highest BCUT2D eigenvalue weighted by Gasteiger charge is 2.15. The summed E-state index contributed by atoms with van der Waals surface area (Å²) in [6, 6.07) is 1.97. The molecule has 70 valence electrons. The number of hydrogen-bond donors (Lipinski definition) is 0. The number of rotatable bonds is 3. The van der Waals surface area contributed by atoms with Gasteiger partial charge in [0.2, 0.25) is 0 Å². The van der Waals surface area contributed by atoms with Crippen LogP contribution in [0.25, 0.3) is 0 Å². The third kappa shape index (κ3) is 3.24. The number of aromatic nitrogens is 2. The van der Waals surface area contributed by atoms with Crippen LogP contribution in [0.2, 0.25) is 0 Å². The molecule has 0 saturated heterocycles. The Morgan fingerprint density at radius 1 is 1.69 bits per heavy atom. The summed E-state index contributed by atoms with van der Waals surface area (Å²) >= 11 is 0. The predicted molar refractivity (Wildman–Crippen MR) is 46.7 cm³/mol. The molecule has 0 aliphatic rings. The smallest absolute Gasteiger partial charge is 0.107 e. The van der Waals surface area contributed by atoms with Crippen molar-refractivity contribution in [2.75, 3.05) is 0 Å². The molecule has 0 aromatic carbocycles. The summed E-state index contributed by atoms with van der Waals surface area (Å²) in [5.74, 6) is 0. The molecule has 0 aliphatic carbocycles. The van der Waals surface area contributed by atoms with E-state index in [1.54, 1.807) is 10.9 Å². The number of nitrogens with zero attached hydrogens (tertiary/aromatic N) is 3. The topological polar surface area (TPSA) is 41.6 Å². The Morgan fingerprint density at radius 2 is 2.38 bits per heavy atom. The summed E-state index contributed by atoms with van der Waals surface area (Å²) in [5.41, 5.74) is -0.671. The zero-order valence-corrected chi connectivity index (χ0v) is 7.79. The van der Waals surface area contributed by atoms with E-state index in [4.69, 9.17) is 5.26 Å². The monoisotopic (exact) mass is 181 g/mol. The van der Waals surface area contributed by atoms with Crippen molar-refractivity contribution < 1.29 is 4.39 Å². The number of halogens is 1.